The maximum absolute atomic E-state index is 4.43. The van der Waals surface area contributed by atoms with Crippen molar-refractivity contribution in [3.8, 4) is 0 Å². The molecule has 2 heterocycles. The molecular weight excluding hydrogens is 230 g/mol. The highest BCUT2D eigenvalue weighted by Crippen LogP contribution is 2.39. The van der Waals surface area contributed by atoms with Crippen LogP contribution < -0.4 is 5.32 Å². The van der Waals surface area contributed by atoms with Crippen molar-refractivity contribution in [3.05, 3.63) is 16.8 Å². The molecule has 1 atom stereocenters. The normalized spacial score (nSPS) is 16.1. The van der Waals surface area contributed by atoms with Crippen molar-refractivity contribution >= 4 is 27.4 Å². The largest absolute Gasteiger partial charge is 0.367 e. The lowest BCUT2D eigenvalue weighted by Crippen LogP contribution is -2.14. The third kappa shape index (κ3) is 1.80. The van der Waals surface area contributed by atoms with Gasteiger partial charge in [0.05, 0.1) is 5.39 Å². The first kappa shape index (κ1) is 11.0. The molecule has 2 aromatic rings. The fourth-order valence-electron chi connectivity index (χ4n) is 2.37. The molecule has 3 nitrogen and oxygen atoms in total. The Labute approximate surface area is 105 Å². The summed E-state index contributed by atoms with van der Waals surface area (Å²) in [7, 11) is 0. The van der Waals surface area contributed by atoms with Crippen LogP contribution in [-0.2, 0) is 12.8 Å². The van der Waals surface area contributed by atoms with E-state index >= 15 is 0 Å². The highest BCUT2D eigenvalue weighted by Gasteiger charge is 2.21. The first-order chi connectivity index (χ1) is 8.29. The lowest BCUT2D eigenvalue weighted by molar-refractivity contribution is 0.760. The van der Waals surface area contributed by atoms with Crippen LogP contribution in [0.1, 0.15) is 37.1 Å². The average Bonchev–Trinajstić information content (AvgIpc) is 2.88. The van der Waals surface area contributed by atoms with Crippen molar-refractivity contribution in [2.45, 2.75) is 45.6 Å². The second-order valence-corrected chi connectivity index (χ2v) is 5.80. The Morgan fingerprint density at radius 3 is 3.12 bits per heavy atom. The second kappa shape index (κ2) is 4.26. The zero-order valence-corrected chi connectivity index (χ0v) is 11.1. The van der Waals surface area contributed by atoms with Gasteiger partial charge in [-0.2, -0.15) is 0 Å². The zero-order valence-electron chi connectivity index (χ0n) is 10.3. The molecule has 0 amide bonds. The van der Waals surface area contributed by atoms with Crippen LogP contribution >= 0.6 is 11.3 Å². The van der Waals surface area contributed by atoms with Gasteiger partial charge in [0, 0.05) is 10.9 Å². The molecule has 2 aromatic heterocycles. The number of hydrogen-bond donors (Lipinski definition) is 1. The first-order valence-corrected chi connectivity index (χ1v) is 7.13. The van der Waals surface area contributed by atoms with Crippen LogP contribution in [0.4, 0.5) is 5.82 Å². The number of aromatic nitrogens is 2. The Morgan fingerprint density at radius 1 is 1.41 bits per heavy atom. The van der Waals surface area contributed by atoms with Gasteiger partial charge in [-0.1, -0.05) is 6.92 Å². The predicted molar refractivity (Wildman–Crippen MR) is 72.8 cm³/mol. The van der Waals surface area contributed by atoms with Crippen molar-refractivity contribution in [1.29, 1.82) is 0 Å². The van der Waals surface area contributed by atoms with E-state index in [4.69, 9.17) is 0 Å². The van der Waals surface area contributed by atoms with E-state index < -0.39 is 0 Å². The summed E-state index contributed by atoms with van der Waals surface area (Å²) in [4.78, 5) is 11.5. The highest BCUT2D eigenvalue weighted by molar-refractivity contribution is 7.19. The summed E-state index contributed by atoms with van der Waals surface area (Å²) in [6.07, 6.45) is 6.49. The molecule has 0 aliphatic heterocycles. The number of thiophene rings is 1. The number of nitrogens with one attached hydrogen (secondary N) is 1. The monoisotopic (exact) mass is 247 g/mol. The molecule has 17 heavy (non-hydrogen) atoms. The fourth-order valence-corrected chi connectivity index (χ4v) is 3.60. The minimum absolute atomic E-state index is 0.463. The SMILES string of the molecule is CCC(C)Nc1ncnc2sc3c(c12)CCC3. The number of hydrogen-bond acceptors (Lipinski definition) is 4. The maximum Gasteiger partial charge on any atom is 0.138 e. The van der Waals surface area contributed by atoms with Gasteiger partial charge in [-0.05, 0) is 38.2 Å². The van der Waals surface area contributed by atoms with Crippen LogP contribution in [-0.4, -0.2) is 16.0 Å². The van der Waals surface area contributed by atoms with Gasteiger partial charge in [-0.25, -0.2) is 9.97 Å². The van der Waals surface area contributed by atoms with E-state index in [1.54, 1.807) is 6.33 Å². The van der Waals surface area contributed by atoms with Gasteiger partial charge < -0.3 is 5.32 Å². The molecule has 0 radical (unpaired) electrons. The molecule has 4 heteroatoms. The van der Waals surface area contributed by atoms with E-state index in [0.29, 0.717) is 6.04 Å². The average molecular weight is 247 g/mol. The van der Waals surface area contributed by atoms with E-state index in [1.807, 2.05) is 11.3 Å². The Kier molecular flexibility index (Phi) is 2.74. The highest BCUT2D eigenvalue weighted by atomic mass is 32.1. The molecule has 1 N–H and O–H groups in total. The smallest absolute Gasteiger partial charge is 0.138 e. The van der Waals surface area contributed by atoms with E-state index in [0.717, 1.165) is 17.1 Å². The van der Waals surface area contributed by atoms with Crippen molar-refractivity contribution in [2.75, 3.05) is 5.32 Å². The summed E-state index contributed by atoms with van der Waals surface area (Å²) in [6.45, 7) is 4.38. The number of anilines is 1. The summed E-state index contributed by atoms with van der Waals surface area (Å²) in [6, 6.07) is 0.463. The van der Waals surface area contributed by atoms with E-state index in [1.165, 1.54) is 35.1 Å². The lowest BCUT2D eigenvalue weighted by atomic mass is 10.1. The van der Waals surface area contributed by atoms with Gasteiger partial charge in [0.25, 0.3) is 0 Å². The Morgan fingerprint density at radius 2 is 2.29 bits per heavy atom. The molecule has 0 spiro atoms. The van der Waals surface area contributed by atoms with Crippen LogP contribution in [0.25, 0.3) is 10.2 Å². The molecule has 0 bridgehead atoms. The molecule has 1 aliphatic rings. The molecule has 0 saturated heterocycles. The minimum atomic E-state index is 0.463. The summed E-state index contributed by atoms with van der Waals surface area (Å²) in [5, 5.41) is 4.79. The topological polar surface area (TPSA) is 37.8 Å². The summed E-state index contributed by atoms with van der Waals surface area (Å²) in [5.41, 5.74) is 1.50. The van der Waals surface area contributed by atoms with Gasteiger partial charge in [0.15, 0.2) is 0 Å². The second-order valence-electron chi connectivity index (χ2n) is 4.71. The van der Waals surface area contributed by atoms with Gasteiger partial charge >= 0.3 is 0 Å². The number of nitrogens with zero attached hydrogens (tertiary/aromatic N) is 2. The summed E-state index contributed by atoms with van der Waals surface area (Å²) >= 11 is 1.84. The lowest BCUT2D eigenvalue weighted by Gasteiger charge is -2.13. The van der Waals surface area contributed by atoms with E-state index in [-0.39, 0.29) is 0 Å². The number of fused-ring (bicyclic) bond motifs is 3. The summed E-state index contributed by atoms with van der Waals surface area (Å²) in [5.74, 6) is 1.03. The first-order valence-electron chi connectivity index (χ1n) is 6.31. The molecule has 1 unspecified atom stereocenters. The fraction of sp³-hybridized carbons (Fsp3) is 0.538. The van der Waals surface area contributed by atoms with Gasteiger partial charge in [0.2, 0.25) is 0 Å². The number of rotatable bonds is 3. The zero-order chi connectivity index (χ0) is 11.8. The summed E-state index contributed by atoms with van der Waals surface area (Å²) < 4.78 is 0. The van der Waals surface area contributed by atoms with Gasteiger partial charge in [-0.3, -0.25) is 0 Å². The quantitative estimate of drug-likeness (QED) is 0.903. The van der Waals surface area contributed by atoms with Crippen LogP contribution in [0.3, 0.4) is 0 Å². The molecule has 1 aliphatic carbocycles. The molecule has 90 valence electrons. The maximum atomic E-state index is 4.43. The van der Waals surface area contributed by atoms with Gasteiger partial charge in [0.1, 0.15) is 17.0 Å². The standard InChI is InChI=1S/C13H17N3S/c1-3-8(2)16-12-11-9-5-4-6-10(9)17-13(11)15-7-14-12/h7-8H,3-6H2,1-2H3,(H,14,15,16). The predicted octanol–water partition coefficient (Wildman–Crippen LogP) is 3.39. The Balaban J connectivity index is 2.11. The molecular formula is C13H17N3S. The Hall–Kier alpha value is -1.16. The third-order valence-corrected chi connectivity index (χ3v) is 4.70. The van der Waals surface area contributed by atoms with Crippen LogP contribution in [0.15, 0.2) is 6.33 Å². The van der Waals surface area contributed by atoms with Gasteiger partial charge in [-0.15, -0.1) is 11.3 Å². The van der Waals surface area contributed by atoms with Crippen LogP contribution in [0.5, 0.6) is 0 Å². The molecule has 0 aromatic carbocycles. The third-order valence-electron chi connectivity index (χ3n) is 3.50. The van der Waals surface area contributed by atoms with Crippen LogP contribution in [0.2, 0.25) is 0 Å². The van der Waals surface area contributed by atoms with Crippen molar-refractivity contribution in [2.24, 2.45) is 0 Å². The van der Waals surface area contributed by atoms with Crippen LogP contribution in [0, 0.1) is 0 Å². The van der Waals surface area contributed by atoms with Crippen molar-refractivity contribution in [1.82, 2.24) is 9.97 Å². The van der Waals surface area contributed by atoms with Crippen molar-refractivity contribution < 1.29 is 0 Å². The van der Waals surface area contributed by atoms with E-state index in [9.17, 15) is 0 Å². The molecule has 0 fully saturated rings. The number of aryl methyl sites for hydroxylation is 2. The molecule has 3 rings (SSSR count). The van der Waals surface area contributed by atoms with E-state index in [2.05, 4.69) is 29.1 Å². The van der Waals surface area contributed by atoms with Crippen molar-refractivity contribution in [3.63, 3.8) is 0 Å². The Bertz CT molecular complexity index is 547. The minimum Gasteiger partial charge on any atom is -0.367 e. The molecule has 0 saturated carbocycles.